The molecule has 0 aliphatic carbocycles. The van der Waals surface area contributed by atoms with Crippen LogP contribution in [0.25, 0.3) is 0 Å². The van der Waals surface area contributed by atoms with Crippen LogP contribution in [0.3, 0.4) is 0 Å². The van der Waals surface area contributed by atoms with Gasteiger partial charge in [-0.15, -0.1) is 10.2 Å². The van der Waals surface area contributed by atoms with Gasteiger partial charge in [-0.3, -0.25) is 10.1 Å². The second-order valence-corrected chi connectivity index (χ2v) is 6.59. The summed E-state index contributed by atoms with van der Waals surface area (Å²) in [4.78, 5) is 10.2. The first kappa shape index (κ1) is 17.9. The van der Waals surface area contributed by atoms with Crippen LogP contribution in [0.1, 0.15) is 22.6 Å². The minimum atomic E-state index is -0.419. The van der Waals surface area contributed by atoms with Gasteiger partial charge in [0.15, 0.2) is 6.61 Å². The number of nitrogens with zero attached hydrogens (tertiary/aromatic N) is 3. The number of ether oxygens (including phenoxy) is 1. The highest BCUT2D eigenvalue weighted by Gasteiger charge is 2.10. The van der Waals surface area contributed by atoms with Crippen LogP contribution in [0, 0.1) is 24.0 Å². The smallest absolute Gasteiger partial charge is 0.277 e. The summed E-state index contributed by atoms with van der Waals surface area (Å²) < 4.78 is 11.3. The van der Waals surface area contributed by atoms with Gasteiger partial charge in [-0.25, -0.2) is 0 Å². The molecule has 3 rings (SSSR count). The third-order valence-corrected chi connectivity index (χ3v) is 4.75. The summed E-state index contributed by atoms with van der Waals surface area (Å²) in [7, 11) is 0. The van der Waals surface area contributed by atoms with Crippen molar-refractivity contribution in [3.05, 3.63) is 75.2 Å². The van der Waals surface area contributed by atoms with Crippen LogP contribution in [0.4, 0.5) is 5.69 Å². The highest BCUT2D eigenvalue weighted by Crippen LogP contribution is 2.24. The highest BCUT2D eigenvalue weighted by molar-refractivity contribution is 7.98. The van der Waals surface area contributed by atoms with Crippen molar-refractivity contribution in [1.29, 1.82) is 0 Å². The lowest BCUT2D eigenvalue weighted by Crippen LogP contribution is -1.98. The second kappa shape index (κ2) is 8.01. The van der Waals surface area contributed by atoms with Gasteiger partial charge in [0.1, 0.15) is 5.75 Å². The van der Waals surface area contributed by atoms with Gasteiger partial charge in [-0.2, -0.15) is 0 Å². The first-order chi connectivity index (χ1) is 12.5. The predicted octanol–water partition coefficient (Wildman–Crippen LogP) is 4.47. The number of benzene rings is 2. The molecule has 0 fully saturated rings. The summed E-state index contributed by atoms with van der Waals surface area (Å²) in [6, 6.07) is 12.3. The number of hydrogen-bond acceptors (Lipinski definition) is 7. The molecule has 26 heavy (non-hydrogen) atoms. The van der Waals surface area contributed by atoms with Gasteiger partial charge < -0.3 is 9.15 Å². The van der Waals surface area contributed by atoms with Crippen molar-refractivity contribution in [1.82, 2.24) is 10.2 Å². The van der Waals surface area contributed by atoms with Crippen molar-refractivity contribution in [3.8, 4) is 5.75 Å². The number of thioether (sulfide) groups is 1. The number of aromatic nitrogens is 2. The van der Waals surface area contributed by atoms with Crippen LogP contribution in [0.15, 0.2) is 52.1 Å². The summed E-state index contributed by atoms with van der Waals surface area (Å²) >= 11 is 1.37. The van der Waals surface area contributed by atoms with E-state index in [1.54, 1.807) is 12.1 Å². The quantitative estimate of drug-likeness (QED) is 0.344. The first-order valence-corrected chi connectivity index (χ1v) is 8.89. The van der Waals surface area contributed by atoms with Gasteiger partial charge in [0, 0.05) is 17.9 Å². The molecule has 0 bridgehead atoms. The Morgan fingerprint density at radius 1 is 1.15 bits per heavy atom. The van der Waals surface area contributed by atoms with Gasteiger partial charge in [0.2, 0.25) is 0 Å². The van der Waals surface area contributed by atoms with Gasteiger partial charge >= 0.3 is 0 Å². The zero-order valence-corrected chi connectivity index (χ0v) is 15.2. The average Bonchev–Trinajstić information content (AvgIpc) is 3.09. The van der Waals surface area contributed by atoms with Crippen molar-refractivity contribution in [2.24, 2.45) is 0 Å². The maximum absolute atomic E-state index is 10.7. The molecule has 0 aliphatic heterocycles. The molecule has 0 N–H and O–H groups in total. The highest BCUT2D eigenvalue weighted by atomic mass is 32.2. The molecule has 0 amide bonds. The molecule has 2 aromatic carbocycles. The molecule has 8 heteroatoms. The summed E-state index contributed by atoms with van der Waals surface area (Å²) in [5.74, 6) is 1.78. The lowest BCUT2D eigenvalue weighted by Gasteiger charge is -2.08. The molecule has 0 saturated heterocycles. The lowest BCUT2D eigenvalue weighted by atomic mass is 10.1. The molecule has 0 aliphatic rings. The molecule has 1 aromatic heterocycles. The van der Waals surface area contributed by atoms with Gasteiger partial charge in [0.25, 0.3) is 16.8 Å². The van der Waals surface area contributed by atoms with Gasteiger partial charge in [0.05, 0.1) is 4.92 Å². The van der Waals surface area contributed by atoms with Crippen LogP contribution >= 0.6 is 11.8 Å². The molecule has 0 atom stereocenters. The number of hydrogen-bond donors (Lipinski definition) is 0. The first-order valence-electron chi connectivity index (χ1n) is 7.90. The second-order valence-electron chi connectivity index (χ2n) is 5.66. The van der Waals surface area contributed by atoms with Crippen LogP contribution in [0.2, 0.25) is 0 Å². The normalized spacial score (nSPS) is 10.7. The molecule has 134 valence electrons. The van der Waals surface area contributed by atoms with Gasteiger partial charge in [-0.1, -0.05) is 36.0 Å². The zero-order chi connectivity index (χ0) is 18.5. The average molecular weight is 371 g/mol. The third-order valence-electron chi connectivity index (χ3n) is 3.86. The van der Waals surface area contributed by atoms with E-state index in [0.717, 1.165) is 22.4 Å². The van der Waals surface area contributed by atoms with E-state index >= 15 is 0 Å². The molecular formula is C18H17N3O4S. The topological polar surface area (TPSA) is 91.3 Å². The maximum Gasteiger partial charge on any atom is 0.277 e. The predicted molar refractivity (Wildman–Crippen MR) is 97.2 cm³/mol. The Hall–Kier alpha value is -2.87. The minimum absolute atomic E-state index is 0.0717. The maximum atomic E-state index is 10.7. The van der Waals surface area contributed by atoms with Crippen molar-refractivity contribution >= 4 is 17.4 Å². The van der Waals surface area contributed by atoms with E-state index in [9.17, 15) is 10.1 Å². The molecule has 0 unspecified atom stereocenters. The zero-order valence-electron chi connectivity index (χ0n) is 14.3. The van der Waals surface area contributed by atoms with Crippen molar-refractivity contribution in [2.75, 3.05) is 0 Å². The van der Waals surface area contributed by atoms with Crippen LogP contribution in [-0.4, -0.2) is 15.1 Å². The van der Waals surface area contributed by atoms with Crippen LogP contribution < -0.4 is 4.74 Å². The Bertz CT molecular complexity index is 909. The fraction of sp³-hybridized carbons (Fsp3) is 0.222. The van der Waals surface area contributed by atoms with E-state index in [4.69, 9.17) is 9.15 Å². The van der Waals surface area contributed by atoms with E-state index in [0.29, 0.717) is 16.9 Å². The lowest BCUT2D eigenvalue weighted by molar-refractivity contribution is -0.384. The van der Waals surface area contributed by atoms with Crippen molar-refractivity contribution in [3.63, 3.8) is 0 Å². The number of non-ortho nitro benzene ring substituents is 1. The molecule has 0 saturated carbocycles. The molecular weight excluding hydrogens is 354 g/mol. The van der Waals surface area contributed by atoms with Crippen molar-refractivity contribution in [2.45, 2.75) is 31.4 Å². The molecule has 1 heterocycles. The minimum Gasteiger partial charge on any atom is -0.484 e. The molecule has 0 radical (unpaired) electrons. The van der Waals surface area contributed by atoms with E-state index < -0.39 is 4.92 Å². The Morgan fingerprint density at radius 3 is 2.65 bits per heavy atom. The SMILES string of the molecule is Cc1cccc(OCc2nnc(SCc3ccc([N+](=O)[O-])cc3)o2)c1C. The summed E-state index contributed by atoms with van der Waals surface area (Å²) in [6.45, 7) is 4.24. The standard InChI is InChI=1S/C18H17N3O4S/c1-12-4-3-5-16(13(12)2)24-10-17-19-20-18(25-17)26-11-14-6-8-15(9-7-14)21(22)23/h3-9H,10-11H2,1-2H3. The summed E-state index contributed by atoms with van der Waals surface area (Å²) in [5, 5.41) is 19.1. The Morgan fingerprint density at radius 2 is 1.92 bits per heavy atom. The monoisotopic (exact) mass is 371 g/mol. The Labute approximate surface area is 154 Å². The van der Waals surface area contributed by atoms with E-state index in [2.05, 4.69) is 10.2 Å². The number of rotatable bonds is 7. The number of nitro groups is 1. The van der Waals surface area contributed by atoms with E-state index in [1.165, 1.54) is 23.9 Å². The third kappa shape index (κ3) is 4.40. The van der Waals surface area contributed by atoms with Crippen molar-refractivity contribution < 1.29 is 14.1 Å². The van der Waals surface area contributed by atoms with E-state index in [1.807, 2.05) is 32.0 Å². The molecule has 0 spiro atoms. The fourth-order valence-corrected chi connectivity index (χ4v) is 2.97. The Kier molecular flexibility index (Phi) is 5.52. The molecule has 3 aromatic rings. The molecule has 7 nitrogen and oxygen atoms in total. The number of nitro benzene ring substituents is 1. The van der Waals surface area contributed by atoms with Crippen LogP contribution in [-0.2, 0) is 12.4 Å². The largest absolute Gasteiger partial charge is 0.484 e. The van der Waals surface area contributed by atoms with Gasteiger partial charge in [-0.05, 0) is 36.6 Å². The van der Waals surface area contributed by atoms with E-state index in [-0.39, 0.29) is 12.3 Å². The summed E-state index contributed by atoms with van der Waals surface area (Å²) in [6.07, 6.45) is 0. The Balaban J connectivity index is 1.54. The summed E-state index contributed by atoms with van der Waals surface area (Å²) in [5.41, 5.74) is 3.25. The van der Waals surface area contributed by atoms with Crippen LogP contribution in [0.5, 0.6) is 5.75 Å². The number of aryl methyl sites for hydroxylation is 1. The fourth-order valence-electron chi connectivity index (χ4n) is 2.23.